The first kappa shape index (κ1) is 16.9. The number of benzene rings is 2. The van der Waals surface area contributed by atoms with Gasteiger partial charge in [0, 0.05) is 11.6 Å². The molecule has 0 aromatic heterocycles. The number of primary sulfonamides is 1. The molecule has 1 heterocycles. The minimum atomic E-state index is -3.73. The number of nitrogens with one attached hydrogen (secondary N) is 1. The summed E-state index contributed by atoms with van der Waals surface area (Å²) in [4.78, 5) is 0.131. The van der Waals surface area contributed by atoms with Gasteiger partial charge in [-0.3, -0.25) is 0 Å². The van der Waals surface area contributed by atoms with Crippen molar-refractivity contribution in [3.05, 3.63) is 69.7 Å². The zero-order valence-corrected chi connectivity index (χ0v) is 15.4. The van der Waals surface area contributed by atoms with Crippen LogP contribution in [-0.4, -0.2) is 8.42 Å². The summed E-state index contributed by atoms with van der Waals surface area (Å²) in [6.45, 7) is 0. The summed E-state index contributed by atoms with van der Waals surface area (Å²) in [6.07, 6.45) is 5.13. The van der Waals surface area contributed by atoms with Crippen molar-refractivity contribution in [2.24, 2.45) is 11.1 Å². The maximum atomic E-state index is 11.7. The molecule has 0 saturated carbocycles. The van der Waals surface area contributed by atoms with Crippen molar-refractivity contribution in [3.63, 3.8) is 0 Å². The van der Waals surface area contributed by atoms with Crippen molar-refractivity contribution >= 4 is 38.9 Å². The van der Waals surface area contributed by atoms with E-state index < -0.39 is 10.0 Å². The molecular weight excluding hydrogens is 379 g/mol. The zero-order chi connectivity index (χ0) is 17.8. The zero-order valence-electron chi connectivity index (χ0n) is 13.1. The molecule has 2 aromatic carbocycles. The monoisotopic (exact) mass is 394 g/mol. The number of halogens is 2. The van der Waals surface area contributed by atoms with Crippen molar-refractivity contribution in [1.82, 2.24) is 0 Å². The molecular formula is C18H16Cl2N2O2S. The maximum Gasteiger partial charge on any atom is 0.238 e. The number of anilines is 1. The molecule has 25 heavy (non-hydrogen) atoms. The molecule has 3 atom stereocenters. The van der Waals surface area contributed by atoms with Crippen molar-refractivity contribution in [2.45, 2.75) is 23.3 Å². The van der Waals surface area contributed by atoms with Crippen molar-refractivity contribution in [3.8, 4) is 0 Å². The fourth-order valence-electron chi connectivity index (χ4n) is 3.82. The lowest BCUT2D eigenvalue weighted by Gasteiger charge is -2.38. The standard InChI is InChI=1S/C18H16Cl2N2O2S/c19-15-6-2-5-13(17(15)20)18-12-4-1-3-11(12)14-9-10(25(21,23)24)7-8-16(14)22-18/h1-3,5-9,11-12,18,22H,4H2,(H2,21,23,24). The van der Waals surface area contributed by atoms with Gasteiger partial charge in [-0.05, 0) is 47.7 Å². The number of hydrogen-bond acceptors (Lipinski definition) is 3. The molecule has 0 fully saturated rings. The van der Waals surface area contributed by atoms with Crippen LogP contribution in [0.25, 0.3) is 0 Å². The van der Waals surface area contributed by atoms with E-state index in [2.05, 4.69) is 17.5 Å². The first-order chi connectivity index (χ1) is 11.9. The normalized spacial score (nSPS) is 24.5. The van der Waals surface area contributed by atoms with E-state index in [9.17, 15) is 8.42 Å². The molecule has 2 aliphatic rings. The number of fused-ring (bicyclic) bond motifs is 3. The average Bonchev–Trinajstić information content (AvgIpc) is 3.05. The fraction of sp³-hybridized carbons (Fsp3) is 0.222. The van der Waals surface area contributed by atoms with E-state index in [-0.39, 0.29) is 22.8 Å². The number of rotatable bonds is 2. The van der Waals surface area contributed by atoms with Gasteiger partial charge >= 0.3 is 0 Å². The Balaban J connectivity index is 1.83. The van der Waals surface area contributed by atoms with Gasteiger partial charge in [0.15, 0.2) is 0 Å². The highest BCUT2D eigenvalue weighted by Crippen LogP contribution is 2.51. The predicted octanol–water partition coefficient (Wildman–Crippen LogP) is 4.47. The molecule has 0 spiro atoms. The van der Waals surface area contributed by atoms with Crippen LogP contribution in [0.3, 0.4) is 0 Å². The average molecular weight is 395 g/mol. The van der Waals surface area contributed by atoms with Crippen LogP contribution in [0, 0.1) is 5.92 Å². The maximum absolute atomic E-state index is 11.7. The fourth-order valence-corrected chi connectivity index (χ4v) is 4.79. The van der Waals surface area contributed by atoms with Crippen LogP contribution in [0.5, 0.6) is 0 Å². The van der Waals surface area contributed by atoms with Crippen LogP contribution in [0.4, 0.5) is 5.69 Å². The van der Waals surface area contributed by atoms with Crippen LogP contribution in [0.1, 0.15) is 29.5 Å². The van der Waals surface area contributed by atoms with E-state index in [1.807, 2.05) is 12.1 Å². The van der Waals surface area contributed by atoms with Gasteiger partial charge in [-0.2, -0.15) is 0 Å². The quantitative estimate of drug-likeness (QED) is 0.738. The molecule has 4 nitrogen and oxygen atoms in total. The number of hydrogen-bond donors (Lipinski definition) is 2. The van der Waals surface area contributed by atoms with Crippen molar-refractivity contribution < 1.29 is 8.42 Å². The van der Waals surface area contributed by atoms with E-state index in [0.717, 1.165) is 23.2 Å². The molecule has 3 unspecified atom stereocenters. The Labute approximate surface area is 156 Å². The van der Waals surface area contributed by atoms with Gasteiger partial charge in [0.2, 0.25) is 10.0 Å². The smallest absolute Gasteiger partial charge is 0.238 e. The van der Waals surface area contributed by atoms with Crippen molar-refractivity contribution in [2.75, 3.05) is 5.32 Å². The summed E-state index contributed by atoms with van der Waals surface area (Å²) in [5.74, 6) is 0.345. The summed E-state index contributed by atoms with van der Waals surface area (Å²) in [6, 6.07) is 10.6. The van der Waals surface area contributed by atoms with Gasteiger partial charge in [0.25, 0.3) is 0 Å². The molecule has 0 radical (unpaired) electrons. The molecule has 0 saturated heterocycles. The first-order valence-corrected chi connectivity index (χ1v) is 10.2. The van der Waals surface area contributed by atoms with Gasteiger partial charge < -0.3 is 5.32 Å². The molecule has 7 heteroatoms. The second kappa shape index (κ2) is 6.02. The Morgan fingerprint density at radius 1 is 1.12 bits per heavy atom. The lowest BCUT2D eigenvalue weighted by Crippen LogP contribution is -2.29. The Morgan fingerprint density at radius 3 is 2.68 bits per heavy atom. The summed E-state index contributed by atoms with van der Waals surface area (Å²) >= 11 is 12.6. The molecule has 0 bridgehead atoms. The molecule has 1 aliphatic heterocycles. The topological polar surface area (TPSA) is 72.2 Å². The second-order valence-corrected chi connectivity index (χ2v) is 8.76. The third-order valence-corrected chi connectivity index (χ3v) is 6.72. The minimum absolute atomic E-state index is 0.000895. The third kappa shape index (κ3) is 2.85. The van der Waals surface area contributed by atoms with Crippen LogP contribution in [0.2, 0.25) is 10.0 Å². The highest BCUT2D eigenvalue weighted by atomic mass is 35.5. The lowest BCUT2D eigenvalue weighted by atomic mass is 9.77. The summed E-state index contributed by atoms with van der Waals surface area (Å²) in [5.41, 5.74) is 2.79. The van der Waals surface area contributed by atoms with Crippen molar-refractivity contribution in [1.29, 1.82) is 0 Å². The molecule has 130 valence electrons. The van der Waals surface area contributed by atoms with E-state index in [0.29, 0.717) is 10.0 Å². The van der Waals surface area contributed by atoms with E-state index in [1.165, 1.54) is 6.07 Å². The van der Waals surface area contributed by atoms with E-state index in [4.69, 9.17) is 28.3 Å². The summed E-state index contributed by atoms with van der Waals surface area (Å²) in [5, 5.41) is 9.88. The van der Waals surface area contributed by atoms with Gasteiger partial charge in [-0.1, -0.05) is 47.5 Å². The molecule has 1 aliphatic carbocycles. The predicted molar refractivity (Wildman–Crippen MR) is 101 cm³/mol. The molecule has 2 aromatic rings. The molecule has 3 N–H and O–H groups in total. The molecule has 4 rings (SSSR count). The van der Waals surface area contributed by atoms with Gasteiger partial charge in [-0.25, -0.2) is 13.6 Å². The Bertz CT molecular complexity index is 989. The highest BCUT2D eigenvalue weighted by molar-refractivity contribution is 7.89. The van der Waals surface area contributed by atoms with Gasteiger partial charge in [0.05, 0.1) is 21.0 Å². The Morgan fingerprint density at radius 2 is 1.92 bits per heavy atom. The third-order valence-electron chi connectivity index (χ3n) is 4.98. The number of allylic oxidation sites excluding steroid dienone is 2. The van der Waals surface area contributed by atoms with Crippen LogP contribution >= 0.6 is 23.2 Å². The van der Waals surface area contributed by atoms with Crippen LogP contribution in [-0.2, 0) is 10.0 Å². The van der Waals surface area contributed by atoms with Gasteiger partial charge in [0.1, 0.15) is 0 Å². The highest BCUT2D eigenvalue weighted by Gasteiger charge is 2.39. The second-order valence-electron chi connectivity index (χ2n) is 6.41. The van der Waals surface area contributed by atoms with E-state index >= 15 is 0 Å². The van der Waals surface area contributed by atoms with Crippen LogP contribution < -0.4 is 10.5 Å². The van der Waals surface area contributed by atoms with E-state index in [1.54, 1.807) is 18.2 Å². The Hall–Kier alpha value is -1.53. The summed E-state index contributed by atoms with van der Waals surface area (Å²) in [7, 11) is -3.73. The molecule has 0 amide bonds. The number of sulfonamides is 1. The minimum Gasteiger partial charge on any atom is -0.378 e. The lowest BCUT2D eigenvalue weighted by molar-refractivity contribution is 0.425. The van der Waals surface area contributed by atoms with Gasteiger partial charge in [-0.15, -0.1) is 0 Å². The Kier molecular flexibility index (Phi) is 4.07. The number of nitrogens with two attached hydrogens (primary N) is 1. The summed E-state index contributed by atoms with van der Waals surface area (Å²) < 4.78 is 23.4. The van der Waals surface area contributed by atoms with Crippen LogP contribution in [0.15, 0.2) is 53.4 Å². The first-order valence-electron chi connectivity index (χ1n) is 7.90. The largest absolute Gasteiger partial charge is 0.378 e. The SMILES string of the molecule is NS(=O)(=O)c1ccc2c(c1)C1C=CCC1C(c1cccc(Cl)c1Cl)N2.